The lowest BCUT2D eigenvalue weighted by atomic mass is 9.95. The first-order chi connectivity index (χ1) is 15.9. The quantitative estimate of drug-likeness (QED) is 0.240. The van der Waals surface area contributed by atoms with Gasteiger partial charge < -0.3 is 19.2 Å². The van der Waals surface area contributed by atoms with Gasteiger partial charge in [-0.1, -0.05) is 35.2 Å². The SMILES string of the molecule is O=C(COc1ccc(Br)cc1Br)Oc1ccc2cc(C(=O)NC3CCCCC3)c(=O)oc2c1. The van der Waals surface area contributed by atoms with Crippen molar-refractivity contribution in [3.05, 3.63) is 67.4 Å². The Morgan fingerprint density at radius 3 is 2.58 bits per heavy atom. The Morgan fingerprint density at radius 1 is 1.03 bits per heavy atom. The molecule has 1 heterocycles. The molecule has 1 aliphatic carbocycles. The van der Waals surface area contributed by atoms with Crippen LogP contribution in [0.1, 0.15) is 42.5 Å². The Morgan fingerprint density at radius 2 is 1.82 bits per heavy atom. The van der Waals surface area contributed by atoms with E-state index in [4.69, 9.17) is 13.9 Å². The summed E-state index contributed by atoms with van der Waals surface area (Å²) < 4.78 is 17.7. The van der Waals surface area contributed by atoms with Gasteiger partial charge in [0.15, 0.2) is 6.61 Å². The number of fused-ring (bicyclic) bond motifs is 1. The first-order valence-corrected chi connectivity index (χ1v) is 12.1. The number of nitrogens with one attached hydrogen (secondary N) is 1. The van der Waals surface area contributed by atoms with Crippen molar-refractivity contribution in [3.8, 4) is 11.5 Å². The van der Waals surface area contributed by atoms with E-state index >= 15 is 0 Å². The molecule has 172 valence electrons. The topological polar surface area (TPSA) is 94.8 Å². The molecule has 2 aromatic carbocycles. The highest BCUT2D eigenvalue weighted by Gasteiger charge is 2.20. The van der Waals surface area contributed by atoms with Gasteiger partial charge in [0, 0.05) is 22.0 Å². The number of rotatable bonds is 6. The Balaban J connectivity index is 1.42. The maximum atomic E-state index is 12.6. The molecule has 1 N–H and O–H groups in total. The molecule has 1 fully saturated rings. The summed E-state index contributed by atoms with van der Waals surface area (Å²) in [5, 5.41) is 3.48. The number of carbonyl (C=O) groups excluding carboxylic acids is 2. The zero-order chi connectivity index (χ0) is 23.4. The monoisotopic (exact) mass is 577 g/mol. The molecule has 7 nitrogen and oxygen atoms in total. The average molecular weight is 579 g/mol. The number of amides is 1. The van der Waals surface area contributed by atoms with Crippen LogP contribution in [0.15, 0.2) is 60.6 Å². The number of hydrogen-bond donors (Lipinski definition) is 1. The molecule has 0 unspecified atom stereocenters. The van der Waals surface area contributed by atoms with Crippen LogP contribution in [0.4, 0.5) is 0 Å². The van der Waals surface area contributed by atoms with Crippen LogP contribution in [-0.4, -0.2) is 24.5 Å². The number of hydrogen-bond acceptors (Lipinski definition) is 6. The van der Waals surface area contributed by atoms with Gasteiger partial charge in [0.05, 0.1) is 4.47 Å². The highest BCUT2D eigenvalue weighted by Crippen LogP contribution is 2.28. The third-order valence-corrected chi connectivity index (χ3v) is 6.48. The van der Waals surface area contributed by atoms with Crippen molar-refractivity contribution in [1.82, 2.24) is 5.32 Å². The first-order valence-electron chi connectivity index (χ1n) is 10.6. The third kappa shape index (κ3) is 6.03. The summed E-state index contributed by atoms with van der Waals surface area (Å²) >= 11 is 6.71. The van der Waals surface area contributed by atoms with Crippen molar-refractivity contribution >= 4 is 54.7 Å². The molecular weight excluding hydrogens is 558 g/mol. The molecule has 3 aromatic rings. The Hall–Kier alpha value is -2.65. The molecule has 0 spiro atoms. The van der Waals surface area contributed by atoms with E-state index in [0.29, 0.717) is 15.6 Å². The van der Waals surface area contributed by atoms with Crippen molar-refractivity contribution in [2.75, 3.05) is 6.61 Å². The molecule has 33 heavy (non-hydrogen) atoms. The second-order valence-electron chi connectivity index (χ2n) is 7.79. The van der Waals surface area contributed by atoms with Crippen molar-refractivity contribution in [1.29, 1.82) is 0 Å². The maximum Gasteiger partial charge on any atom is 0.349 e. The zero-order valence-corrected chi connectivity index (χ0v) is 20.7. The fourth-order valence-corrected chi connectivity index (χ4v) is 4.87. The van der Waals surface area contributed by atoms with Gasteiger partial charge in [-0.15, -0.1) is 0 Å². The maximum absolute atomic E-state index is 12.6. The third-order valence-electron chi connectivity index (χ3n) is 5.36. The smallest absolute Gasteiger partial charge is 0.349 e. The first kappa shape index (κ1) is 23.5. The fourth-order valence-electron chi connectivity index (χ4n) is 3.71. The minimum atomic E-state index is -0.734. The van der Waals surface area contributed by atoms with Crippen LogP contribution in [0.5, 0.6) is 11.5 Å². The van der Waals surface area contributed by atoms with E-state index in [0.717, 1.165) is 30.2 Å². The predicted molar refractivity (Wildman–Crippen MR) is 130 cm³/mol. The van der Waals surface area contributed by atoms with Crippen LogP contribution in [-0.2, 0) is 4.79 Å². The molecule has 1 amide bonds. The fraction of sp³-hybridized carbons (Fsp3) is 0.292. The van der Waals surface area contributed by atoms with Crippen LogP contribution >= 0.6 is 31.9 Å². The highest BCUT2D eigenvalue weighted by atomic mass is 79.9. The summed E-state index contributed by atoms with van der Waals surface area (Å²) in [6.45, 7) is -0.303. The molecule has 9 heteroatoms. The number of esters is 1. The minimum Gasteiger partial charge on any atom is -0.481 e. The summed E-state index contributed by atoms with van der Waals surface area (Å²) in [6.07, 6.45) is 5.16. The molecule has 0 bridgehead atoms. The standard InChI is InChI=1S/C24H21Br2NO6/c25-15-7-9-20(19(26)11-15)31-13-22(28)32-17-8-6-14-10-18(24(30)33-21(14)12-17)23(29)27-16-4-2-1-3-5-16/h6-12,16H,1-5,13H2,(H,27,29). The van der Waals surface area contributed by atoms with E-state index in [1.54, 1.807) is 30.3 Å². The molecule has 0 atom stereocenters. The molecule has 4 rings (SSSR count). The lowest BCUT2D eigenvalue weighted by molar-refractivity contribution is -0.136. The second kappa shape index (κ2) is 10.5. The number of halogens is 2. The van der Waals surface area contributed by atoms with Gasteiger partial charge in [0.25, 0.3) is 5.91 Å². The zero-order valence-electron chi connectivity index (χ0n) is 17.6. The van der Waals surface area contributed by atoms with Gasteiger partial charge in [0.2, 0.25) is 0 Å². The Kier molecular flexibility index (Phi) is 7.49. The summed E-state index contributed by atoms with van der Waals surface area (Å²) in [5.41, 5.74) is -0.551. The molecule has 1 saturated carbocycles. The second-order valence-corrected chi connectivity index (χ2v) is 9.56. The lowest BCUT2D eigenvalue weighted by Crippen LogP contribution is -2.38. The summed E-state index contributed by atoms with van der Waals surface area (Å²) in [4.78, 5) is 37.1. The normalized spacial score (nSPS) is 14.1. The van der Waals surface area contributed by atoms with Crippen LogP contribution < -0.4 is 20.4 Å². The summed E-state index contributed by atoms with van der Waals surface area (Å²) in [5.74, 6) is -0.341. The van der Waals surface area contributed by atoms with Crippen molar-refractivity contribution in [2.45, 2.75) is 38.1 Å². The van der Waals surface area contributed by atoms with Crippen molar-refractivity contribution < 1.29 is 23.5 Å². The van der Waals surface area contributed by atoms with Crippen LogP contribution in [0.2, 0.25) is 0 Å². The van der Waals surface area contributed by atoms with Gasteiger partial charge in [-0.25, -0.2) is 9.59 Å². The van der Waals surface area contributed by atoms with E-state index < -0.39 is 17.5 Å². The van der Waals surface area contributed by atoms with E-state index in [9.17, 15) is 14.4 Å². The van der Waals surface area contributed by atoms with Crippen LogP contribution in [0.3, 0.4) is 0 Å². The van der Waals surface area contributed by atoms with Gasteiger partial charge in [-0.05, 0) is 65.2 Å². The van der Waals surface area contributed by atoms with E-state index in [1.165, 1.54) is 18.6 Å². The molecule has 0 radical (unpaired) electrons. The lowest BCUT2D eigenvalue weighted by Gasteiger charge is -2.22. The number of benzene rings is 2. The Labute approximate surface area is 206 Å². The van der Waals surface area contributed by atoms with E-state index in [2.05, 4.69) is 37.2 Å². The van der Waals surface area contributed by atoms with Crippen molar-refractivity contribution in [3.63, 3.8) is 0 Å². The minimum absolute atomic E-state index is 0.0358. The molecule has 0 saturated heterocycles. The van der Waals surface area contributed by atoms with Crippen molar-refractivity contribution in [2.24, 2.45) is 0 Å². The number of ether oxygens (including phenoxy) is 2. The molecule has 0 aliphatic heterocycles. The summed E-state index contributed by atoms with van der Waals surface area (Å²) in [6, 6.07) is 11.5. The van der Waals surface area contributed by atoms with Crippen LogP contribution in [0.25, 0.3) is 11.0 Å². The van der Waals surface area contributed by atoms with E-state index in [1.807, 2.05) is 0 Å². The van der Waals surface area contributed by atoms with Crippen LogP contribution in [0, 0.1) is 0 Å². The van der Waals surface area contributed by atoms with Gasteiger partial charge in [0.1, 0.15) is 22.6 Å². The summed E-state index contributed by atoms with van der Waals surface area (Å²) in [7, 11) is 0. The molecular formula is C24H21Br2NO6. The van der Waals surface area contributed by atoms with Gasteiger partial charge >= 0.3 is 11.6 Å². The molecule has 1 aliphatic rings. The highest BCUT2D eigenvalue weighted by molar-refractivity contribution is 9.11. The number of carbonyl (C=O) groups is 2. The Bertz CT molecular complexity index is 1250. The van der Waals surface area contributed by atoms with Gasteiger partial charge in [-0.3, -0.25) is 4.79 Å². The largest absolute Gasteiger partial charge is 0.481 e. The molecule has 1 aromatic heterocycles. The van der Waals surface area contributed by atoms with E-state index in [-0.39, 0.29) is 29.5 Å². The predicted octanol–water partition coefficient (Wildman–Crippen LogP) is 5.36. The van der Waals surface area contributed by atoms with Gasteiger partial charge in [-0.2, -0.15) is 0 Å². The average Bonchev–Trinajstić information content (AvgIpc) is 2.78.